The van der Waals surface area contributed by atoms with Gasteiger partial charge in [-0.25, -0.2) is 0 Å². The number of aliphatic hydroxyl groups is 1. The summed E-state index contributed by atoms with van der Waals surface area (Å²) in [6, 6.07) is 4.62. The van der Waals surface area contributed by atoms with Crippen LogP contribution in [0.15, 0.2) is 18.2 Å². The lowest BCUT2D eigenvalue weighted by Crippen LogP contribution is -2.32. The quantitative estimate of drug-likeness (QED) is 0.665. The van der Waals surface area contributed by atoms with E-state index in [0.717, 1.165) is 0 Å². The first kappa shape index (κ1) is 8.19. The van der Waals surface area contributed by atoms with E-state index in [1.165, 1.54) is 12.1 Å². The number of phenolic OH excluding ortho intramolecular Hbond substituents is 1. The van der Waals surface area contributed by atoms with E-state index in [0.29, 0.717) is 18.1 Å². The van der Waals surface area contributed by atoms with Crippen LogP contribution in [-0.2, 0) is 0 Å². The van der Waals surface area contributed by atoms with Gasteiger partial charge in [-0.05, 0) is 12.1 Å². The maximum absolute atomic E-state index is 9.13. The molecule has 0 aromatic heterocycles. The fraction of sp³-hybridized carbons (Fsp3) is 0.333. The molecule has 0 bridgehead atoms. The molecule has 0 aliphatic carbocycles. The van der Waals surface area contributed by atoms with Gasteiger partial charge < -0.3 is 19.7 Å². The molecule has 1 atom stereocenters. The average Bonchev–Trinajstić information content (AvgIpc) is 2.17. The molecule has 1 aromatic carbocycles. The van der Waals surface area contributed by atoms with E-state index in [1.54, 1.807) is 6.07 Å². The summed E-state index contributed by atoms with van der Waals surface area (Å²) in [5.41, 5.74) is 0. The van der Waals surface area contributed by atoms with Crippen LogP contribution in [0, 0.1) is 0 Å². The highest BCUT2D eigenvalue weighted by molar-refractivity contribution is 5.45. The van der Waals surface area contributed by atoms with Crippen molar-refractivity contribution in [2.24, 2.45) is 0 Å². The van der Waals surface area contributed by atoms with Crippen molar-refractivity contribution in [3.8, 4) is 17.2 Å². The average molecular weight is 182 g/mol. The van der Waals surface area contributed by atoms with Crippen LogP contribution in [0.3, 0.4) is 0 Å². The minimum Gasteiger partial charge on any atom is -0.508 e. The molecule has 1 aliphatic heterocycles. The first-order chi connectivity index (χ1) is 6.29. The SMILES string of the molecule is OCC1COc2cc(O)ccc2O1. The molecule has 0 amide bonds. The van der Waals surface area contributed by atoms with E-state index in [4.69, 9.17) is 19.7 Å². The number of aliphatic hydroxyl groups excluding tert-OH is 1. The molecule has 1 unspecified atom stereocenters. The number of hydrogen-bond acceptors (Lipinski definition) is 4. The molecule has 0 spiro atoms. The van der Waals surface area contributed by atoms with Crippen molar-refractivity contribution < 1.29 is 19.7 Å². The molecule has 0 radical (unpaired) electrons. The molecule has 2 rings (SSSR count). The number of ether oxygens (including phenoxy) is 2. The van der Waals surface area contributed by atoms with Crippen molar-refractivity contribution in [3.05, 3.63) is 18.2 Å². The van der Waals surface area contributed by atoms with Gasteiger partial charge in [0.1, 0.15) is 12.4 Å². The number of fused-ring (bicyclic) bond motifs is 1. The van der Waals surface area contributed by atoms with Crippen molar-refractivity contribution in [2.45, 2.75) is 6.10 Å². The second-order valence-corrected chi connectivity index (χ2v) is 2.86. The second kappa shape index (κ2) is 3.14. The summed E-state index contributed by atoms with van der Waals surface area (Å²) in [5.74, 6) is 1.22. The Morgan fingerprint density at radius 1 is 1.38 bits per heavy atom. The molecular weight excluding hydrogens is 172 g/mol. The highest BCUT2D eigenvalue weighted by atomic mass is 16.6. The number of benzene rings is 1. The summed E-state index contributed by atoms with van der Waals surface area (Å²) in [5, 5.41) is 17.9. The monoisotopic (exact) mass is 182 g/mol. The summed E-state index contributed by atoms with van der Waals surface area (Å²) < 4.78 is 10.6. The Labute approximate surface area is 75.3 Å². The molecule has 4 heteroatoms. The van der Waals surface area contributed by atoms with Crippen LogP contribution >= 0.6 is 0 Å². The van der Waals surface area contributed by atoms with Gasteiger partial charge in [-0.3, -0.25) is 0 Å². The Balaban J connectivity index is 2.26. The Morgan fingerprint density at radius 3 is 3.00 bits per heavy atom. The topological polar surface area (TPSA) is 58.9 Å². The maximum atomic E-state index is 9.13. The molecule has 0 fully saturated rings. The van der Waals surface area contributed by atoms with Crippen molar-refractivity contribution in [2.75, 3.05) is 13.2 Å². The molecule has 1 aromatic rings. The van der Waals surface area contributed by atoms with E-state index in [-0.39, 0.29) is 18.5 Å². The van der Waals surface area contributed by atoms with Crippen molar-refractivity contribution in [1.29, 1.82) is 0 Å². The number of aromatic hydroxyl groups is 1. The van der Waals surface area contributed by atoms with E-state index < -0.39 is 0 Å². The molecular formula is C9H10O4. The third-order valence-corrected chi connectivity index (χ3v) is 1.85. The molecule has 2 N–H and O–H groups in total. The van der Waals surface area contributed by atoms with Gasteiger partial charge in [0.25, 0.3) is 0 Å². The molecule has 1 heterocycles. The summed E-state index contributed by atoms with van der Waals surface area (Å²) in [7, 11) is 0. The van der Waals surface area contributed by atoms with Crippen LogP contribution in [0.5, 0.6) is 17.2 Å². The summed E-state index contributed by atoms with van der Waals surface area (Å²) in [4.78, 5) is 0. The number of phenols is 1. The number of hydrogen-bond donors (Lipinski definition) is 2. The summed E-state index contributed by atoms with van der Waals surface area (Å²) in [6.45, 7) is 0.243. The van der Waals surface area contributed by atoms with Crippen LogP contribution in [-0.4, -0.2) is 29.5 Å². The predicted molar refractivity (Wildman–Crippen MR) is 45.1 cm³/mol. The van der Waals surface area contributed by atoms with Gasteiger partial charge in [0, 0.05) is 6.07 Å². The number of rotatable bonds is 1. The van der Waals surface area contributed by atoms with E-state index in [2.05, 4.69) is 0 Å². The van der Waals surface area contributed by atoms with Crippen LogP contribution in [0.2, 0.25) is 0 Å². The summed E-state index contributed by atoms with van der Waals surface area (Å²) in [6.07, 6.45) is -0.308. The van der Waals surface area contributed by atoms with Crippen molar-refractivity contribution >= 4 is 0 Å². The maximum Gasteiger partial charge on any atom is 0.165 e. The van der Waals surface area contributed by atoms with Gasteiger partial charge >= 0.3 is 0 Å². The van der Waals surface area contributed by atoms with Crippen LogP contribution < -0.4 is 9.47 Å². The zero-order chi connectivity index (χ0) is 9.26. The smallest absolute Gasteiger partial charge is 0.165 e. The van der Waals surface area contributed by atoms with E-state index >= 15 is 0 Å². The van der Waals surface area contributed by atoms with Crippen LogP contribution in [0.4, 0.5) is 0 Å². The van der Waals surface area contributed by atoms with Gasteiger partial charge in [0.2, 0.25) is 0 Å². The fourth-order valence-electron chi connectivity index (χ4n) is 1.19. The van der Waals surface area contributed by atoms with Crippen molar-refractivity contribution in [3.63, 3.8) is 0 Å². The first-order valence-electron chi connectivity index (χ1n) is 4.03. The van der Waals surface area contributed by atoms with Gasteiger partial charge in [-0.1, -0.05) is 0 Å². The third kappa shape index (κ3) is 1.53. The Hall–Kier alpha value is -1.42. The lowest BCUT2D eigenvalue weighted by atomic mass is 10.2. The van der Waals surface area contributed by atoms with Gasteiger partial charge in [0.05, 0.1) is 6.61 Å². The lowest BCUT2D eigenvalue weighted by molar-refractivity contribution is 0.0454. The van der Waals surface area contributed by atoms with Crippen molar-refractivity contribution in [1.82, 2.24) is 0 Å². The summed E-state index contributed by atoms with van der Waals surface area (Å²) >= 11 is 0. The predicted octanol–water partition coefficient (Wildman–Crippen LogP) is 0.524. The van der Waals surface area contributed by atoms with Gasteiger partial charge in [0.15, 0.2) is 17.6 Å². The van der Waals surface area contributed by atoms with E-state index in [9.17, 15) is 0 Å². The Kier molecular flexibility index (Phi) is 1.98. The van der Waals surface area contributed by atoms with Crippen LogP contribution in [0.25, 0.3) is 0 Å². The minimum atomic E-state index is -0.308. The third-order valence-electron chi connectivity index (χ3n) is 1.85. The van der Waals surface area contributed by atoms with Crippen LogP contribution in [0.1, 0.15) is 0 Å². The van der Waals surface area contributed by atoms with E-state index in [1.807, 2.05) is 0 Å². The lowest BCUT2D eigenvalue weighted by Gasteiger charge is -2.24. The molecule has 4 nitrogen and oxygen atoms in total. The standard InChI is InChI=1S/C9H10O4/c10-4-7-5-12-9-3-6(11)1-2-8(9)13-7/h1-3,7,10-11H,4-5H2. The zero-order valence-corrected chi connectivity index (χ0v) is 6.93. The Bertz CT molecular complexity index is 310. The molecule has 0 saturated heterocycles. The zero-order valence-electron chi connectivity index (χ0n) is 6.93. The second-order valence-electron chi connectivity index (χ2n) is 2.86. The largest absolute Gasteiger partial charge is 0.508 e. The first-order valence-corrected chi connectivity index (χ1v) is 4.03. The fourth-order valence-corrected chi connectivity index (χ4v) is 1.19. The molecule has 13 heavy (non-hydrogen) atoms. The minimum absolute atomic E-state index is 0.0691. The highest BCUT2D eigenvalue weighted by Gasteiger charge is 2.20. The molecule has 1 aliphatic rings. The molecule has 0 saturated carbocycles. The van der Waals surface area contributed by atoms with Gasteiger partial charge in [-0.2, -0.15) is 0 Å². The molecule has 70 valence electrons. The van der Waals surface area contributed by atoms with Gasteiger partial charge in [-0.15, -0.1) is 0 Å². The Morgan fingerprint density at radius 2 is 2.23 bits per heavy atom. The normalized spacial score (nSPS) is 19.9. The highest BCUT2D eigenvalue weighted by Crippen LogP contribution is 2.34.